The first-order valence-electron chi connectivity index (χ1n) is 10.8. The molecule has 3 aliphatic rings. The van der Waals surface area contributed by atoms with Crippen LogP contribution in [-0.2, 0) is 0 Å². The first kappa shape index (κ1) is 21.5. The third-order valence-corrected chi connectivity index (χ3v) is 7.74. The zero-order chi connectivity index (χ0) is 22.6. The Morgan fingerprint density at radius 2 is 2.03 bits per heavy atom. The lowest BCUT2D eigenvalue weighted by Gasteiger charge is -2.41. The van der Waals surface area contributed by atoms with E-state index in [0.717, 1.165) is 24.2 Å². The van der Waals surface area contributed by atoms with Crippen LogP contribution in [0.25, 0.3) is 5.70 Å². The number of aromatic nitrogens is 3. The smallest absolute Gasteiger partial charge is 0.263 e. The Morgan fingerprint density at radius 1 is 1.28 bits per heavy atom. The van der Waals surface area contributed by atoms with Crippen LogP contribution in [0.5, 0.6) is 5.75 Å². The van der Waals surface area contributed by atoms with Crippen molar-refractivity contribution in [1.82, 2.24) is 14.5 Å². The van der Waals surface area contributed by atoms with Crippen LogP contribution in [0, 0.1) is 13.8 Å². The summed E-state index contributed by atoms with van der Waals surface area (Å²) in [6.07, 6.45) is 9.36. The predicted octanol–water partition coefficient (Wildman–Crippen LogP) is 3.66. The SMILES string of the molecule is Cc1c(N2CCC3(CC2)Oc2cnccc2[C@@H]3N)nc(C)n(C2=C(Cl)C(Cl)CC=C2)c1=O. The molecule has 0 aromatic carbocycles. The van der Waals surface area contributed by atoms with Gasteiger partial charge in [0.1, 0.15) is 23.0 Å². The lowest BCUT2D eigenvalue weighted by Crippen LogP contribution is -2.52. The van der Waals surface area contributed by atoms with Crippen molar-refractivity contribution in [3.05, 3.63) is 62.9 Å². The van der Waals surface area contributed by atoms with Gasteiger partial charge in [0.15, 0.2) is 0 Å². The quantitative estimate of drug-likeness (QED) is 0.669. The van der Waals surface area contributed by atoms with E-state index in [1.165, 1.54) is 0 Å². The van der Waals surface area contributed by atoms with Crippen LogP contribution in [0.2, 0.25) is 0 Å². The molecule has 0 saturated carbocycles. The molecule has 2 aliphatic heterocycles. The summed E-state index contributed by atoms with van der Waals surface area (Å²) in [6.45, 7) is 5.01. The highest BCUT2D eigenvalue weighted by atomic mass is 35.5. The van der Waals surface area contributed by atoms with Crippen LogP contribution >= 0.6 is 23.2 Å². The summed E-state index contributed by atoms with van der Waals surface area (Å²) in [5, 5.41) is 0.130. The molecule has 5 rings (SSSR count). The van der Waals surface area contributed by atoms with E-state index in [9.17, 15) is 4.79 Å². The van der Waals surface area contributed by atoms with Gasteiger partial charge in [0, 0.05) is 37.7 Å². The maximum Gasteiger partial charge on any atom is 0.263 e. The predicted molar refractivity (Wildman–Crippen MR) is 126 cm³/mol. The molecule has 32 heavy (non-hydrogen) atoms. The number of pyridine rings is 1. The lowest BCUT2D eigenvalue weighted by atomic mass is 9.83. The van der Waals surface area contributed by atoms with Gasteiger partial charge in [0.05, 0.1) is 33.9 Å². The number of piperidine rings is 1. The van der Waals surface area contributed by atoms with E-state index in [0.29, 0.717) is 47.4 Å². The number of hydrogen-bond donors (Lipinski definition) is 1. The first-order chi connectivity index (χ1) is 15.3. The second kappa shape index (κ2) is 7.90. The third-order valence-electron chi connectivity index (χ3n) is 6.77. The average Bonchev–Trinajstić information content (AvgIpc) is 3.06. The number of anilines is 1. The molecule has 1 unspecified atom stereocenters. The molecule has 2 aromatic heterocycles. The van der Waals surface area contributed by atoms with Gasteiger partial charge in [-0.05, 0) is 32.4 Å². The first-order valence-corrected chi connectivity index (χ1v) is 11.6. The van der Waals surface area contributed by atoms with Gasteiger partial charge in [-0.1, -0.05) is 17.7 Å². The van der Waals surface area contributed by atoms with Crippen molar-refractivity contribution in [2.75, 3.05) is 18.0 Å². The monoisotopic (exact) mass is 473 g/mol. The average molecular weight is 474 g/mol. The standard InChI is InChI=1S/C23H25Cl2N5O2/c1-13-21(28-14(2)30(22(13)31)17-5-3-4-16(24)19(17)25)29-10-7-23(8-11-29)20(26)15-6-9-27-12-18(15)32-23/h3,5-6,9,12,16,20H,4,7-8,10-11,26H2,1-2H3/t16?,20-/m0/s1. The zero-order valence-electron chi connectivity index (χ0n) is 18.0. The van der Waals surface area contributed by atoms with E-state index >= 15 is 0 Å². The van der Waals surface area contributed by atoms with E-state index in [4.69, 9.17) is 38.7 Å². The van der Waals surface area contributed by atoms with Gasteiger partial charge in [0.25, 0.3) is 5.56 Å². The molecular formula is C23H25Cl2N5O2. The fourth-order valence-corrected chi connectivity index (χ4v) is 5.37. The minimum Gasteiger partial charge on any atom is -0.483 e. The van der Waals surface area contributed by atoms with E-state index in [2.05, 4.69) is 9.88 Å². The molecule has 2 aromatic rings. The summed E-state index contributed by atoms with van der Waals surface area (Å²) in [5.41, 5.74) is 8.17. The van der Waals surface area contributed by atoms with Gasteiger partial charge >= 0.3 is 0 Å². The number of aryl methyl sites for hydroxylation is 1. The van der Waals surface area contributed by atoms with Crippen LogP contribution < -0.4 is 20.9 Å². The highest BCUT2D eigenvalue weighted by molar-refractivity contribution is 6.39. The van der Waals surface area contributed by atoms with Crippen molar-refractivity contribution in [1.29, 1.82) is 0 Å². The number of halogens is 2. The van der Waals surface area contributed by atoms with Gasteiger partial charge in [-0.15, -0.1) is 11.6 Å². The minimum absolute atomic E-state index is 0.136. The van der Waals surface area contributed by atoms with Crippen molar-refractivity contribution in [3.63, 3.8) is 0 Å². The Morgan fingerprint density at radius 3 is 2.75 bits per heavy atom. The number of hydrogen-bond acceptors (Lipinski definition) is 6. The summed E-state index contributed by atoms with van der Waals surface area (Å²) in [4.78, 5) is 24.4. The highest BCUT2D eigenvalue weighted by Crippen LogP contribution is 2.47. The fourth-order valence-electron chi connectivity index (χ4n) is 4.92. The Kier molecular flexibility index (Phi) is 5.31. The fraction of sp³-hybridized carbons (Fsp3) is 0.435. The Balaban J connectivity index is 1.43. The number of nitrogens with two attached hydrogens (primary N) is 1. The number of fused-ring (bicyclic) bond motifs is 1. The Labute approximate surface area is 196 Å². The van der Waals surface area contributed by atoms with Crippen molar-refractivity contribution in [3.8, 4) is 5.75 Å². The lowest BCUT2D eigenvalue weighted by molar-refractivity contribution is 0.0428. The van der Waals surface area contributed by atoms with Gasteiger partial charge in [-0.2, -0.15) is 0 Å². The highest BCUT2D eigenvalue weighted by Gasteiger charge is 2.48. The summed E-state index contributed by atoms with van der Waals surface area (Å²) in [5.74, 6) is 2.04. The van der Waals surface area contributed by atoms with Crippen LogP contribution in [0.4, 0.5) is 5.82 Å². The molecular weight excluding hydrogens is 449 g/mol. The van der Waals surface area contributed by atoms with Gasteiger partial charge < -0.3 is 15.4 Å². The molecule has 1 saturated heterocycles. The zero-order valence-corrected chi connectivity index (χ0v) is 19.5. The Hall–Kier alpha value is -2.35. The molecule has 2 atom stereocenters. The molecule has 0 bridgehead atoms. The second-order valence-electron chi connectivity index (χ2n) is 8.63. The van der Waals surface area contributed by atoms with E-state index in [-0.39, 0.29) is 17.0 Å². The molecule has 0 radical (unpaired) electrons. The van der Waals surface area contributed by atoms with Crippen molar-refractivity contribution in [2.45, 2.75) is 50.1 Å². The van der Waals surface area contributed by atoms with Crippen molar-refractivity contribution in [2.24, 2.45) is 5.73 Å². The topological polar surface area (TPSA) is 86.3 Å². The summed E-state index contributed by atoms with van der Waals surface area (Å²) in [7, 11) is 0. The van der Waals surface area contributed by atoms with E-state index in [1.807, 2.05) is 32.1 Å². The maximum atomic E-state index is 13.3. The Bertz CT molecular complexity index is 1200. The third kappa shape index (κ3) is 3.26. The molecule has 168 valence electrons. The number of rotatable bonds is 2. The molecule has 9 heteroatoms. The molecule has 4 heterocycles. The number of alkyl halides is 1. The number of ether oxygens (including phenoxy) is 1. The summed E-state index contributed by atoms with van der Waals surface area (Å²) in [6, 6.07) is 1.74. The van der Waals surface area contributed by atoms with Gasteiger partial charge in [0.2, 0.25) is 0 Å². The summed E-state index contributed by atoms with van der Waals surface area (Å²) >= 11 is 12.7. The normalized spacial score (nSPS) is 24.1. The summed E-state index contributed by atoms with van der Waals surface area (Å²) < 4.78 is 7.84. The molecule has 1 spiro atoms. The van der Waals surface area contributed by atoms with Crippen LogP contribution in [0.15, 0.2) is 40.4 Å². The largest absolute Gasteiger partial charge is 0.483 e. The van der Waals surface area contributed by atoms with E-state index < -0.39 is 5.60 Å². The molecule has 0 amide bonds. The van der Waals surface area contributed by atoms with Crippen LogP contribution in [0.3, 0.4) is 0 Å². The van der Waals surface area contributed by atoms with E-state index in [1.54, 1.807) is 17.0 Å². The second-order valence-corrected chi connectivity index (χ2v) is 9.57. The minimum atomic E-state index is -0.444. The molecule has 2 N–H and O–H groups in total. The number of allylic oxidation sites excluding steroid dienone is 4. The van der Waals surface area contributed by atoms with Gasteiger partial charge in [-0.3, -0.25) is 14.3 Å². The van der Waals surface area contributed by atoms with Crippen molar-refractivity contribution >= 4 is 34.7 Å². The van der Waals surface area contributed by atoms with Crippen LogP contribution in [0.1, 0.15) is 42.3 Å². The van der Waals surface area contributed by atoms with Crippen LogP contribution in [-0.4, -0.2) is 38.6 Å². The van der Waals surface area contributed by atoms with Crippen molar-refractivity contribution < 1.29 is 4.74 Å². The molecule has 1 fully saturated rings. The molecule has 1 aliphatic carbocycles. The van der Waals surface area contributed by atoms with Gasteiger partial charge in [-0.25, -0.2) is 4.98 Å². The molecule has 7 nitrogen and oxygen atoms in total. The number of nitrogens with zero attached hydrogens (tertiary/aromatic N) is 4. The maximum absolute atomic E-state index is 13.3.